The van der Waals surface area contributed by atoms with Gasteiger partial charge in [0, 0.05) is 5.69 Å². The summed E-state index contributed by atoms with van der Waals surface area (Å²) >= 11 is 0. The van der Waals surface area contributed by atoms with Crippen molar-refractivity contribution in [3.8, 4) is 11.5 Å². The molecule has 7 nitrogen and oxygen atoms in total. The van der Waals surface area contributed by atoms with Crippen LogP contribution in [0.3, 0.4) is 0 Å². The highest BCUT2D eigenvalue weighted by molar-refractivity contribution is 6.08. The van der Waals surface area contributed by atoms with Gasteiger partial charge < -0.3 is 19.6 Å². The van der Waals surface area contributed by atoms with Crippen molar-refractivity contribution in [3.05, 3.63) is 63.1 Å². The van der Waals surface area contributed by atoms with E-state index in [4.69, 9.17) is 4.74 Å². The van der Waals surface area contributed by atoms with Crippen LogP contribution in [0.15, 0.2) is 35.1 Å². The Morgan fingerprint density at radius 3 is 2.58 bits per heavy atom. The number of pyridine rings is 1. The first kappa shape index (κ1) is 19.0. The molecule has 1 heterocycles. The summed E-state index contributed by atoms with van der Waals surface area (Å²) in [5, 5.41) is 9.82. The van der Waals surface area contributed by atoms with Gasteiger partial charge in [0.25, 0.3) is 5.56 Å². The van der Waals surface area contributed by atoms with Crippen LogP contribution in [0.1, 0.15) is 27.2 Å². The number of nitrogens with one attached hydrogen (secondary N) is 1. The molecule has 0 spiro atoms. The molecule has 2 aromatic rings. The van der Waals surface area contributed by atoms with Crippen LogP contribution in [-0.2, 0) is 9.53 Å². The number of hydrogen-bond acceptors (Lipinski definition) is 6. The van der Waals surface area contributed by atoms with Gasteiger partial charge in [0.15, 0.2) is 12.4 Å². The van der Waals surface area contributed by atoms with Crippen LogP contribution < -0.4 is 10.3 Å². The molecule has 0 aliphatic carbocycles. The number of aromatic hydroxyl groups is 1. The predicted octanol–water partition coefficient (Wildman–Crippen LogP) is 2.15. The molecule has 0 saturated heterocycles. The molecular weight excluding hydrogens is 338 g/mol. The summed E-state index contributed by atoms with van der Waals surface area (Å²) in [5.74, 6) is -0.926. The molecule has 1 aromatic heterocycles. The first-order valence-corrected chi connectivity index (χ1v) is 7.77. The van der Waals surface area contributed by atoms with Crippen molar-refractivity contribution in [1.29, 1.82) is 0 Å². The fourth-order valence-electron chi connectivity index (χ4n) is 2.30. The van der Waals surface area contributed by atoms with Crippen molar-refractivity contribution in [2.24, 2.45) is 0 Å². The predicted molar refractivity (Wildman–Crippen MR) is 95.5 cm³/mol. The van der Waals surface area contributed by atoms with Gasteiger partial charge in [0.2, 0.25) is 0 Å². The average molecular weight is 357 g/mol. The lowest BCUT2D eigenvalue weighted by Crippen LogP contribution is -2.17. The fraction of sp³-hybridized carbons (Fsp3) is 0.211. The van der Waals surface area contributed by atoms with Gasteiger partial charge in [-0.2, -0.15) is 0 Å². The van der Waals surface area contributed by atoms with Crippen LogP contribution in [0.25, 0.3) is 6.08 Å². The zero-order valence-electron chi connectivity index (χ0n) is 14.7. The highest BCUT2D eigenvalue weighted by atomic mass is 16.6. The summed E-state index contributed by atoms with van der Waals surface area (Å²) in [5.41, 5.74) is 0.983. The van der Waals surface area contributed by atoms with Gasteiger partial charge in [-0.05, 0) is 49.2 Å². The molecule has 0 saturated carbocycles. The molecule has 2 rings (SSSR count). The molecule has 1 aromatic carbocycles. The van der Waals surface area contributed by atoms with E-state index in [-0.39, 0.29) is 17.9 Å². The van der Waals surface area contributed by atoms with Gasteiger partial charge in [-0.25, -0.2) is 4.79 Å². The smallest absolute Gasteiger partial charge is 0.343 e. The molecule has 0 fully saturated rings. The lowest BCUT2D eigenvalue weighted by molar-refractivity contribution is -0.142. The Hall–Kier alpha value is -3.35. The number of aromatic amines is 1. The third kappa shape index (κ3) is 4.60. The number of rotatable bonds is 6. The second-order valence-electron chi connectivity index (χ2n) is 5.63. The maximum atomic E-state index is 12.2. The Morgan fingerprint density at radius 2 is 1.96 bits per heavy atom. The van der Waals surface area contributed by atoms with Crippen molar-refractivity contribution in [2.45, 2.75) is 13.8 Å². The first-order chi connectivity index (χ1) is 12.3. The normalized spacial score (nSPS) is 10.7. The molecular formula is C19H19NO6. The summed E-state index contributed by atoms with van der Waals surface area (Å²) < 4.78 is 9.85. The quantitative estimate of drug-likeness (QED) is 0.466. The maximum absolute atomic E-state index is 12.2. The van der Waals surface area contributed by atoms with Crippen LogP contribution in [0, 0.1) is 13.8 Å². The molecule has 0 atom stereocenters. The number of esters is 1. The van der Waals surface area contributed by atoms with Crippen molar-refractivity contribution < 1.29 is 24.2 Å². The highest BCUT2D eigenvalue weighted by Crippen LogP contribution is 2.20. The number of aryl methyl sites for hydroxylation is 2. The molecule has 0 aliphatic rings. The standard InChI is InChI=1S/C19H19NO6/c1-11-8-13(5-7-16(11)26-10-17(23)25-3)4-6-14(21)18-15(22)9-12(2)20-19(18)24/h4-9H,10H2,1-3H3,(H2,20,22,24)/b6-4+. The molecule has 2 N–H and O–H groups in total. The van der Waals surface area contributed by atoms with Crippen LogP contribution in [0.4, 0.5) is 0 Å². The van der Waals surface area contributed by atoms with E-state index in [1.165, 1.54) is 25.3 Å². The van der Waals surface area contributed by atoms with E-state index in [1.807, 2.05) is 0 Å². The second-order valence-corrected chi connectivity index (χ2v) is 5.63. The number of hydrogen-bond donors (Lipinski definition) is 2. The number of allylic oxidation sites excluding steroid dienone is 1. The summed E-state index contributed by atoms with van der Waals surface area (Å²) in [4.78, 5) is 37.6. The zero-order chi connectivity index (χ0) is 19.3. The summed E-state index contributed by atoms with van der Waals surface area (Å²) in [6, 6.07) is 6.44. The molecule has 0 unspecified atom stereocenters. The van der Waals surface area contributed by atoms with E-state index in [0.29, 0.717) is 17.0 Å². The number of carbonyl (C=O) groups excluding carboxylic acids is 2. The Bertz CT molecular complexity index is 926. The number of ketones is 1. The highest BCUT2D eigenvalue weighted by Gasteiger charge is 2.14. The topological polar surface area (TPSA) is 106 Å². The van der Waals surface area contributed by atoms with Crippen LogP contribution >= 0.6 is 0 Å². The van der Waals surface area contributed by atoms with E-state index >= 15 is 0 Å². The minimum absolute atomic E-state index is 0.194. The zero-order valence-corrected chi connectivity index (χ0v) is 14.7. The number of benzene rings is 1. The summed E-state index contributed by atoms with van der Waals surface area (Å²) in [6.07, 6.45) is 2.74. The largest absolute Gasteiger partial charge is 0.507 e. The Kier molecular flexibility index (Phi) is 5.95. The van der Waals surface area contributed by atoms with E-state index in [2.05, 4.69) is 9.72 Å². The van der Waals surface area contributed by atoms with E-state index in [0.717, 1.165) is 5.56 Å². The van der Waals surface area contributed by atoms with Gasteiger partial charge in [0.05, 0.1) is 7.11 Å². The minimum atomic E-state index is -0.639. The Balaban J connectivity index is 2.16. The van der Waals surface area contributed by atoms with Gasteiger partial charge in [-0.3, -0.25) is 9.59 Å². The van der Waals surface area contributed by atoms with Crippen molar-refractivity contribution in [2.75, 3.05) is 13.7 Å². The first-order valence-electron chi connectivity index (χ1n) is 7.77. The third-order valence-corrected chi connectivity index (χ3v) is 3.59. The van der Waals surface area contributed by atoms with Gasteiger partial charge in [-0.15, -0.1) is 0 Å². The van der Waals surface area contributed by atoms with Crippen LogP contribution in [0.5, 0.6) is 11.5 Å². The molecule has 0 amide bonds. The summed E-state index contributed by atoms with van der Waals surface area (Å²) in [6.45, 7) is 3.21. The van der Waals surface area contributed by atoms with Crippen molar-refractivity contribution in [3.63, 3.8) is 0 Å². The Labute approximate surface area is 149 Å². The number of ether oxygens (including phenoxy) is 2. The monoisotopic (exact) mass is 357 g/mol. The van der Waals surface area contributed by atoms with Crippen molar-refractivity contribution >= 4 is 17.8 Å². The third-order valence-electron chi connectivity index (χ3n) is 3.59. The number of H-pyrrole nitrogens is 1. The molecule has 0 aliphatic heterocycles. The van der Waals surface area contributed by atoms with E-state index in [1.54, 1.807) is 32.0 Å². The van der Waals surface area contributed by atoms with Crippen molar-refractivity contribution in [1.82, 2.24) is 4.98 Å². The average Bonchev–Trinajstić information content (AvgIpc) is 2.57. The van der Waals surface area contributed by atoms with Crippen LogP contribution in [-0.4, -0.2) is 35.6 Å². The molecule has 0 radical (unpaired) electrons. The molecule has 26 heavy (non-hydrogen) atoms. The number of methoxy groups -OCH3 is 1. The Morgan fingerprint density at radius 1 is 1.23 bits per heavy atom. The minimum Gasteiger partial charge on any atom is -0.507 e. The van der Waals surface area contributed by atoms with Gasteiger partial charge in [0.1, 0.15) is 17.1 Å². The van der Waals surface area contributed by atoms with Gasteiger partial charge in [-0.1, -0.05) is 12.1 Å². The number of aromatic nitrogens is 1. The van der Waals surface area contributed by atoms with E-state index in [9.17, 15) is 19.5 Å². The summed E-state index contributed by atoms with van der Waals surface area (Å²) in [7, 11) is 1.28. The lowest BCUT2D eigenvalue weighted by Gasteiger charge is -2.08. The van der Waals surface area contributed by atoms with E-state index < -0.39 is 17.3 Å². The SMILES string of the molecule is COC(=O)COc1ccc(/C=C/C(=O)c2c(O)cc(C)[nH]c2=O)cc1C. The second kappa shape index (κ2) is 8.15. The van der Waals surface area contributed by atoms with Gasteiger partial charge >= 0.3 is 5.97 Å². The lowest BCUT2D eigenvalue weighted by atomic mass is 10.1. The fourth-order valence-corrected chi connectivity index (χ4v) is 2.30. The molecule has 136 valence electrons. The van der Waals surface area contributed by atoms with Crippen LogP contribution in [0.2, 0.25) is 0 Å². The molecule has 7 heteroatoms. The maximum Gasteiger partial charge on any atom is 0.343 e. The molecule has 0 bridgehead atoms. The number of carbonyl (C=O) groups is 2.